The maximum Gasteiger partial charge on any atom is 0.271 e. The van der Waals surface area contributed by atoms with E-state index < -0.39 is 28.6 Å². The highest BCUT2D eigenvalue weighted by Crippen LogP contribution is 2.22. The molecule has 12 heteroatoms. The number of hydrazone groups is 1. The van der Waals surface area contributed by atoms with Gasteiger partial charge in [-0.2, -0.15) is 5.10 Å². The summed E-state index contributed by atoms with van der Waals surface area (Å²) in [6.07, 6.45) is 0.978. The van der Waals surface area contributed by atoms with Crippen LogP contribution in [0.3, 0.4) is 0 Å². The predicted octanol–water partition coefficient (Wildman–Crippen LogP) is 2.03. The lowest BCUT2D eigenvalue weighted by Gasteiger charge is -2.30. The zero-order chi connectivity index (χ0) is 21.8. The topological polar surface area (TPSA) is 134 Å². The smallest absolute Gasteiger partial charge is 0.271 e. The number of thiocarbonyl (C=S) groups is 1. The van der Waals surface area contributed by atoms with Crippen molar-refractivity contribution in [2.24, 2.45) is 11.0 Å². The zero-order valence-electron chi connectivity index (χ0n) is 14.9. The van der Waals surface area contributed by atoms with Crippen LogP contribution in [0.1, 0.15) is 10.4 Å². The summed E-state index contributed by atoms with van der Waals surface area (Å²) >= 11 is 10.9. The molecule has 0 spiro atoms. The Labute approximate surface area is 179 Å². The second-order valence-electron chi connectivity index (χ2n) is 5.95. The van der Waals surface area contributed by atoms with Gasteiger partial charge in [-0.1, -0.05) is 11.6 Å². The van der Waals surface area contributed by atoms with E-state index in [1.54, 1.807) is 24.3 Å². The van der Waals surface area contributed by atoms with Crippen molar-refractivity contribution in [1.29, 1.82) is 0 Å². The van der Waals surface area contributed by atoms with Gasteiger partial charge in [0.15, 0.2) is 11.0 Å². The summed E-state index contributed by atoms with van der Waals surface area (Å²) in [7, 11) is 0. The largest absolute Gasteiger partial charge is 0.301 e. The summed E-state index contributed by atoms with van der Waals surface area (Å²) in [5, 5.41) is 17.1. The van der Waals surface area contributed by atoms with Crippen LogP contribution in [0.5, 0.6) is 0 Å². The third kappa shape index (κ3) is 4.47. The van der Waals surface area contributed by atoms with E-state index in [1.165, 1.54) is 24.3 Å². The molecule has 10 nitrogen and oxygen atoms in total. The highest BCUT2D eigenvalue weighted by molar-refractivity contribution is 7.80. The second-order valence-corrected chi connectivity index (χ2v) is 6.77. The zero-order valence-corrected chi connectivity index (χ0v) is 16.5. The fourth-order valence-corrected chi connectivity index (χ4v) is 2.95. The van der Waals surface area contributed by atoms with Crippen molar-refractivity contribution in [2.45, 2.75) is 0 Å². The first kappa shape index (κ1) is 21.0. The Morgan fingerprint density at radius 3 is 2.43 bits per heavy atom. The number of non-ortho nitro benzene ring substituents is 1. The fraction of sp³-hybridized carbons (Fsp3) is 0.0556. The van der Waals surface area contributed by atoms with E-state index in [1.807, 2.05) is 0 Å². The van der Waals surface area contributed by atoms with Gasteiger partial charge in [0.1, 0.15) is 0 Å². The molecule has 0 saturated carbocycles. The van der Waals surface area contributed by atoms with Crippen LogP contribution in [0.15, 0.2) is 53.6 Å². The second kappa shape index (κ2) is 8.76. The van der Waals surface area contributed by atoms with Crippen LogP contribution < -0.4 is 15.6 Å². The molecule has 0 aliphatic carbocycles. The number of nitrogens with one attached hydrogen (secondary N) is 2. The molecule has 1 fully saturated rings. The monoisotopic (exact) mass is 445 g/mol. The minimum atomic E-state index is -1.33. The van der Waals surface area contributed by atoms with Crippen LogP contribution in [-0.2, 0) is 9.59 Å². The first-order valence-corrected chi connectivity index (χ1v) is 9.09. The molecule has 3 rings (SSSR count). The molecule has 30 heavy (non-hydrogen) atoms. The highest BCUT2D eigenvalue weighted by Gasteiger charge is 2.38. The van der Waals surface area contributed by atoms with Gasteiger partial charge in [-0.25, -0.2) is 5.43 Å². The van der Waals surface area contributed by atoms with Crippen LogP contribution >= 0.6 is 23.8 Å². The van der Waals surface area contributed by atoms with E-state index in [0.29, 0.717) is 10.7 Å². The molecular formula is C18H12ClN5O5S. The van der Waals surface area contributed by atoms with Gasteiger partial charge in [-0.05, 0) is 48.6 Å². The van der Waals surface area contributed by atoms with Crippen molar-refractivity contribution >= 4 is 64.2 Å². The van der Waals surface area contributed by atoms with Gasteiger partial charge in [0.25, 0.3) is 17.5 Å². The van der Waals surface area contributed by atoms with Crippen molar-refractivity contribution in [3.8, 4) is 0 Å². The lowest BCUT2D eigenvalue weighted by molar-refractivity contribution is -0.384. The number of carbonyl (C=O) groups is 3. The molecule has 1 saturated heterocycles. The number of rotatable bonds is 5. The minimum absolute atomic E-state index is 0.0908. The van der Waals surface area contributed by atoms with Crippen LogP contribution in [0, 0.1) is 16.0 Å². The van der Waals surface area contributed by atoms with E-state index in [2.05, 4.69) is 15.8 Å². The normalized spacial score (nSPS) is 16.5. The summed E-state index contributed by atoms with van der Waals surface area (Å²) in [5.74, 6) is -3.35. The average molecular weight is 446 g/mol. The summed E-state index contributed by atoms with van der Waals surface area (Å²) in [6, 6.07) is 11.1. The molecule has 2 N–H and O–H groups in total. The lowest BCUT2D eigenvalue weighted by atomic mass is 10.1. The predicted molar refractivity (Wildman–Crippen MR) is 112 cm³/mol. The molecular weight excluding hydrogens is 434 g/mol. The van der Waals surface area contributed by atoms with Crippen LogP contribution in [0.2, 0.25) is 5.02 Å². The minimum Gasteiger partial charge on any atom is -0.301 e. The number of nitro benzene ring substituents is 1. The van der Waals surface area contributed by atoms with Gasteiger partial charge < -0.3 is 5.32 Å². The van der Waals surface area contributed by atoms with Crippen molar-refractivity contribution in [2.75, 3.05) is 4.90 Å². The van der Waals surface area contributed by atoms with Gasteiger partial charge in [-0.3, -0.25) is 29.4 Å². The molecule has 0 radical (unpaired) electrons. The van der Waals surface area contributed by atoms with Crippen LogP contribution in [0.25, 0.3) is 0 Å². The quantitative estimate of drug-likeness (QED) is 0.238. The van der Waals surface area contributed by atoms with E-state index in [4.69, 9.17) is 23.8 Å². The number of halogens is 1. The molecule has 3 amide bonds. The average Bonchev–Trinajstić information content (AvgIpc) is 2.71. The van der Waals surface area contributed by atoms with Crippen LogP contribution in [0.4, 0.5) is 11.4 Å². The Morgan fingerprint density at radius 1 is 1.20 bits per heavy atom. The first-order valence-electron chi connectivity index (χ1n) is 8.30. The van der Waals surface area contributed by atoms with Crippen molar-refractivity contribution in [3.05, 3.63) is 69.2 Å². The Kier molecular flexibility index (Phi) is 6.14. The van der Waals surface area contributed by atoms with E-state index in [9.17, 15) is 24.5 Å². The van der Waals surface area contributed by atoms with Gasteiger partial charge in [0.05, 0.1) is 10.6 Å². The van der Waals surface area contributed by atoms with Crippen LogP contribution in [-0.4, -0.2) is 34.0 Å². The van der Waals surface area contributed by atoms with E-state index in [0.717, 1.165) is 11.1 Å². The van der Waals surface area contributed by atoms with Gasteiger partial charge >= 0.3 is 0 Å². The Hall–Kier alpha value is -3.70. The van der Waals surface area contributed by atoms with Gasteiger partial charge in [0, 0.05) is 28.9 Å². The third-order valence-corrected chi connectivity index (χ3v) is 4.55. The van der Waals surface area contributed by atoms with Crippen molar-refractivity contribution in [1.82, 2.24) is 10.7 Å². The fourth-order valence-electron chi connectivity index (χ4n) is 2.53. The first-order chi connectivity index (χ1) is 14.3. The molecule has 152 valence electrons. The summed E-state index contributed by atoms with van der Waals surface area (Å²) in [6.45, 7) is 0. The number of benzene rings is 2. The molecule has 0 aromatic heterocycles. The maximum atomic E-state index is 12.8. The van der Waals surface area contributed by atoms with Gasteiger partial charge in [0.2, 0.25) is 5.91 Å². The Balaban J connectivity index is 1.71. The summed E-state index contributed by atoms with van der Waals surface area (Å²) in [4.78, 5) is 48.2. The molecule has 2 aromatic rings. The molecule has 1 heterocycles. The molecule has 0 bridgehead atoms. The number of nitro groups is 1. The number of anilines is 1. The third-order valence-electron chi connectivity index (χ3n) is 4.02. The highest BCUT2D eigenvalue weighted by atomic mass is 35.5. The molecule has 1 aliphatic heterocycles. The lowest BCUT2D eigenvalue weighted by Crippen LogP contribution is -2.58. The van der Waals surface area contributed by atoms with Gasteiger partial charge in [-0.15, -0.1) is 0 Å². The Bertz CT molecular complexity index is 1070. The van der Waals surface area contributed by atoms with Crippen molar-refractivity contribution in [3.63, 3.8) is 0 Å². The number of amides is 3. The van der Waals surface area contributed by atoms with E-state index in [-0.39, 0.29) is 16.4 Å². The maximum absolute atomic E-state index is 12.8. The number of hydrogen-bond acceptors (Lipinski definition) is 7. The number of nitrogens with zero attached hydrogens (tertiary/aromatic N) is 3. The molecule has 1 aliphatic rings. The standard InChI is InChI=1S/C18H12ClN5O5S/c19-11-3-7-12(8-4-11)23-17(27)14(16(26)21-18(23)30)9-20-22-15(25)10-1-5-13(6-2-10)24(28)29/h1-9,14H,(H,22,25)(H,21,26,30)/b20-9-/t14-/m0/s1. The van der Waals surface area contributed by atoms with E-state index >= 15 is 0 Å². The molecule has 1 atom stereocenters. The number of hydrogen-bond donors (Lipinski definition) is 2. The number of carbonyl (C=O) groups excluding carboxylic acids is 3. The summed E-state index contributed by atoms with van der Waals surface area (Å²) < 4.78 is 0. The SMILES string of the molecule is O=C(N/N=C\[C@H]1C(=O)NC(=S)N(c2ccc(Cl)cc2)C1=O)c1ccc([N+](=O)[O-])cc1. The van der Waals surface area contributed by atoms with Crippen molar-refractivity contribution < 1.29 is 19.3 Å². The Morgan fingerprint density at radius 2 is 1.83 bits per heavy atom. The molecule has 2 aromatic carbocycles. The molecule has 0 unspecified atom stereocenters. The summed E-state index contributed by atoms with van der Waals surface area (Å²) in [5.41, 5.74) is 2.52.